The Hall–Kier alpha value is -1.11. The van der Waals surface area contributed by atoms with Gasteiger partial charge in [-0.3, -0.25) is 9.58 Å². The van der Waals surface area contributed by atoms with Crippen molar-refractivity contribution >= 4 is 5.82 Å². The first kappa shape index (κ1) is 15.8. The molecule has 0 spiro atoms. The van der Waals surface area contributed by atoms with Crippen molar-refractivity contribution in [3.05, 3.63) is 11.3 Å². The summed E-state index contributed by atoms with van der Waals surface area (Å²) in [5, 5.41) is 14.6. The minimum absolute atomic E-state index is 0.175. The van der Waals surface area contributed by atoms with Crippen LogP contribution in [-0.4, -0.2) is 65.3 Å². The van der Waals surface area contributed by atoms with E-state index in [1.807, 2.05) is 11.7 Å². The van der Waals surface area contributed by atoms with E-state index in [-0.39, 0.29) is 6.10 Å². The Balaban J connectivity index is 1.89. The van der Waals surface area contributed by atoms with E-state index in [9.17, 15) is 5.11 Å². The fourth-order valence-electron chi connectivity index (χ4n) is 3.54. The summed E-state index contributed by atoms with van der Waals surface area (Å²) >= 11 is 0. The average Bonchev–Trinajstić information content (AvgIpc) is 3.04. The lowest BCUT2D eigenvalue weighted by Crippen LogP contribution is -2.38. The van der Waals surface area contributed by atoms with Gasteiger partial charge in [0.25, 0.3) is 0 Å². The lowest BCUT2D eigenvalue weighted by atomic mass is 10.0. The summed E-state index contributed by atoms with van der Waals surface area (Å²) in [5.74, 6) is 1.64. The summed E-state index contributed by atoms with van der Waals surface area (Å²) in [6.07, 6.45) is 0.704. The zero-order valence-corrected chi connectivity index (χ0v) is 14.0. The van der Waals surface area contributed by atoms with Gasteiger partial charge in [0.05, 0.1) is 25.0 Å². The van der Waals surface area contributed by atoms with E-state index in [1.54, 1.807) is 0 Å². The van der Waals surface area contributed by atoms with Gasteiger partial charge in [0, 0.05) is 45.3 Å². The lowest BCUT2D eigenvalue weighted by molar-refractivity contribution is 0.122. The van der Waals surface area contributed by atoms with Gasteiger partial charge in [-0.05, 0) is 12.3 Å². The molecule has 1 aromatic rings. The highest BCUT2D eigenvalue weighted by atomic mass is 16.5. The summed E-state index contributed by atoms with van der Waals surface area (Å²) in [6.45, 7) is 10.4. The summed E-state index contributed by atoms with van der Waals surface area (Å²) in [6, 6.07) is 0. The Bertz CT molecular complexity index is 508. The second-order valence-electron chi connectivity index (χ2n) is 6.74. The third-order valence-electron chi connectivity index (χ3n) is 4.63. The smallest absolute Gasteiger partial charge is 0.131 e. The maximum absolute atomic E-state index is 9.79. The van der Waals surface area contributed by atoms with Crippen LogP contribution in [0.3, 0.4) is 0 Å². The quantitative estimate of drug-likeness (QED) is 0.897. The second kappa shape index (κ2) is 6.56. The lowest BCUT2D eigenvalue weighted by Gasteiger charge is -2.30. The largest absolute Gasteiger partial charge is 0.392 e. The van der Waals surface area contributed by atoms with Crippen molar-refractivity contribution in [2.24, 2.45) is 7.05 Å². The Labute approximate surface area is 132 Å². The summed E-state index contributed by atoms with van der Waals surface area (Å²) in [4.78, 5) is 4.74. The van der Waals surface area contributed by atoms with Crippen molar-refractivity contribution in [3.8, 4) is 0 Å². The van der Waals surface area contributed by atoms with Gasteiger partial charge in [-0.15, -0.1) is 0 Å². The van der Waals surface area contributed by atoms with Crippen LogP contribution in [0.2, 0.25) is 0 Å². The molecule has 1 aromatic heterocycles. The molecule has 3 rings (SSSR count). The topological polar surface area (TPSA) is 53.8 Å². The number of aliphatic hydroxyl groups is 1. The predicted molar refractivity (Wildman–Crippen MR) is 86.2 cm³/mol. The molecule has 2 saturated heterocycles. The van der Waals surface area contributed by atoms with E-state index in [2.05, 4.69) is 23.6 Å². The van der Waals surface area contributed by atoms with Crippen LogP contribution in [0.4, 0.5) is 5.82 Å². The van der Waals surface area contributed by atoms with Crippen LogP contribution in [-0.2, 0) is 18.3 Å². The summed E-state index contributed by atoms with van der Waals surface area (Å²) in [5.41, 5.74) is 2.51. The highest BCUT2D eigenvalue weighted by molar-refractivity contribution is 5.51. The molecule has 0 unspecified atom stereocenters. The SMILES string of the molecule is CC(C)c1nn(C)c(N2CCOCC2)c1CN1CC[C@@H](O)C1. The van der Waals surface area contributed by atoms with Crippen LogP contribution in [0.1, 0.15) is 37.4 Å². The van der Waals surface area contributed by atoms with Crippen LogP contribution in [0, 0.1) is 0 Å². The number of hydrogen-bond donors (Lipinski definition) is 1. The van der Waals surface area contributed by atoms with Crippen molar-refractivity contribution in [1.29, 1.82) is 0 Å². The number of likely N-dealkylation sites (tertiary alicyclic amines) is 1. The number of aromatic nitrogens is 2. The number of aryl methyl sites for hydroxylation is 1. The van der Waals surface area contributed by atoms with Crippen molar-refractivity contribution in [3.63, 3.8) is 0 Å². The molecule has 6 heteroatoms. The Morgan fingerprint density at radius 1 is 1.27 bits per heavy atom. The molecule has 0 bridgehead atoms. The second-order valence-corrected chi connectivity index (χ2v) is 6.74. The molecule has 1 atom stereocenters. The van der Waals surface area contributed by atoms with Crippen LogP contribution in [0.15, 0.2) is 0 Å². The van der Waals surface area contributed by atoms with Crippen molar-refractivity contribution < 1.29 is 9.84 Å². The van der Waals surface area contributed by atoms with Gasteiger partial charge in [-0.25, -0.2) is 0 Å². The molecule has 6 nitrogen and oxygen atoms in total. The minimum Gasteiger partial charge on any atom is -0.392 e. The molecule has 2 aliphatic heterocycles. The van der Waals surface area contributed by atoms with Crippen LogP contribution < -0.4 is 4.90 Å². The van der Waals surface area contributed by atoms with Gasteiger partial charge >= 0.3 is 0 Å². The van der Waals surface area contributed by atoms with Gasteiger partial charge in [0.15, 0.2) is 0 Å². The highest BCUT2D eigenvalue weighted by Crippen LogP contribution is 2.31. The van der Waals surface area contributed by atoms with Crippen molar-refractivity contribution in [1.82, 2.24) is 14.7 Å². The number of anilines is 1. The summed E-state index contributed by atoms with van der Waals surface area (Å²) < 4.78 is 7.52. The Morgan fingerprint density at radius 2 is 2.00 bits per heavy atom. The first-order valence-electron chi connectivity index (χ1n) is 8.35. The number of hydrogen-bond acceptors (Lipinski definition) is 5. The Morgan fingerprint density at radius 3 is 2.59 bits per heavy atom. The molecular formula is C16H28N4O2. The van der Waals surface area contributed by atoms with Crippen LogP contribution in [0.5, 0.6) is 0 Å². The zero-order chi connectivity index (χ0) is 15.7. The molecular weight excluding hydrogens is 280 g/mol. The van der Waals surface area contributed by atoms with Crippen LogP contribution in [0.25, 0.3) is 0 Å². The first-order chi connectivity index (χ1) is 10.6. The standard InChI is InChI=1S/C16H28N4O2/c1-12(2)15-14(11-19-5-4-13(21)10-19)16(18(3)17-15)20-6-8-22-9-7-20/h12-13,21H,4-11H2,1-3H3/t13-/m1/s1. The van der Waals surface area contributed by atoms with Crippen LogP contribution >= 0.6 is 0 Å². The predicted octanol–water partition coefficient (Wildman–Crippen LogP) is 0.947. The number of morpholine rings is 1. The number of aliphatic hydroxyl groups excluding tert-OH is 1. The molecule has 2 fully saturated rings. The van der Waals surface area contributed by atoms with Gasteiger partial charge in [-0.2, -0.15) is 5.10 Å². The molecule has 0 saturated carbocycles. The molecule has 124 valence electrons. The fraction of sp³-hybridized carbons (Fsp3) is 0.812. The third kappa shape index (κ3) is 3.14. The molecule has 2 aliphatic rings. The van der Waals surface area contributed by atoms with E-state index < -0.39 is 0 Å². The first-order valence-corrected chi connectivity index (χ1v) is 8.35. The van der Waals surface area contributed by atoms with E-state index in [4.69, 9.17) is 9.84 Å². The summed E-state index contributed by atoms with van der Waals surface area (Å²) in [7, 11) is 2.04. The molecule has 0 amide bonds. The number of β-amino-alcohol motifs (C(OH)–C–C–N with tert-alkyl or cyclic N) is 1. The maximum Gasteiger partial charge on any atom is 0.131 e. The number of rotatable bonds is 4. The van der Waals surface area contributed by atoms with E-state index in [1.165, 1.54) is 17.1 Å². The normalized spacial score (nSPS) is 23.7. The van der Waals surface area contributed by atoms with E-state index >= 15 is 0 Å². The maximum atomic E-state index is 9.79. The molecule has 0 radical (unpaired) electrons. The molecule has 1 N–H and O–H groups in total. The molecule has 0 aromatic carbocycles. The van der Waals surface area contributed by atoms with E-state index in [0.717, 1.165) is 52.4 Å². The zero-order valence-electron chi connectivity index (χ0n) is 14.0. The Kier molecular flexibility index (Phi) is 4.70. The molecule has 3 heterocycles. The highest BCUT2D eigenvalue weighted by Gasteiger charge is 2.28. The fourth-order valence-corrected chi connectivity index (χ4v) is 3.54. The number of nitrogens with zero attached hydrogens (tertiary/aromatic N) is 4. The number of ether oxygens (including phenoxy) is 1. The average molecular weight is 308 g/mol. The molecule has 0 aliphatic carbocycles. The van der Waals surface area contributed by atoms with Gasteiger partial charge in [-0.1, -0.05) is 13.8 Å². The minimum atomic E-state index is -0.175. The third-order valence-corrected chi connectivity index (χ3v) is 4.63. The van der Waals surface area contributed by atoms with Crippen molar-refractivity contribution in [2.45, 2.75) is 38.8 Å². The van der Waals surface area contributed by atoms with Gasteiger partial charge in [0.2, 0.25) is 0 Å². The van der Waals surface area contributed by atoms with E-state index in [0.29, 0.717) is 5.92 Å². The van der Waals surface area contributed by atoms with Gasteiger partial charge < -0.3 is 14.7 Å². The van der Waals surface area contributed by atoms with Gasteiger partial charge in [0.1, 0.15) is 5.82 Å². The molecule has 22 heavy (non-hydrogen) atoms. The monoisotopic (exact) mass is 308 g/mol. The van der Waals surface area contributed by atoms with Crippen molar-refractivity contribution in [2.75, 3.05) is 44.3 Å².